The summed E-state index contributed by atoms with van der Waals surface area (Å²) >= 11 is 0. The van der Waals surface area contributed by atoms with Crippen LogP contribution < -0.4 is 22.1 Å². The molecule has 0 unspecified atom stereocenters. The van der Waals surface area contributed by atoms with Gasteiger partial charge in [0.05, 0.1) is 29.3 Å². The number of carbonyl (C=O) groups excluding carboxylic acids is 1. The van der Waals surface area contributed by atoms with Crippen LogP contribution in [0.2, 0.25) is 0 Å². The first kappa shape index (κ1) is 22.8. The smallest absolute Gasteiger partial charge is 0.269 e. The van der Waals surface area contributed by atoms with Gasteiger partial charge in [0.15, 0.2) is 5.69 Å². The molecule has 1 aliphatic rings. The maximum absolute atomic E-state index is 12.0. The van der Waals surface area contributed by atoms with Crippen molar-refractivity contribution in [1.29, 1.82) is 0 Å². The third kappa shape index (κ3) is 4.67. The van der Waals surface area contributed by atoms with Gasteiger partial charge in [-0.05, 0) is 55.7 Å². The summed E-state index contributed by atoms with van der Waals surface area (Å²) in [5, 5.41) is 12.1. The molecule has 1 saturated carbocycles. The van der Waals surface area contributed by atoms with Crippen LogP contribution in [0.4, 0.5) is 17.2 Å². The number of nitrogens with one attached hydrogen (secondary N) is 2. The van der Waals surface area contributed by atoms with E-state index < -0.39 is 5.91 Å². The molecule has 1 aromatic carbocycles. The molecule has 180 valence electrons. The summed E-state index contributed by atoms with van der Waals surface area (Å²) in [4.78, 5) is 21.1. The molecule has 4 aromatic rings. The van der Waals surface area contributed by atoms with Gasteiger partial charge in [0.1, 0.15) is 5.82 Å². The number of pyridine rings is 2. The van der Waals surface area contributed by atoms with E-state index in [0.717, 1.165) is 59.1 Å². The molecule has 1 aliphatic carbocycles. The molecule has 0 bridgehead atoms. The average molecular weight is 471 g/mol. The van der Waals surface area contributed by atoms with E-state index in [2.05, 4.69) is 38.9 Å². The van der Waals surface area contributed by atoms with Gasteiger partial charge in [-0.15, -0.1) is 0 Å². The maximum atomic E-state index is 12.0. The number of aromatic nitrogens is 4. The predicted molar refractivity (Wildman–Crippen MR) is 139 cm³/mol. The quantitative estimate of drug-likeness (QED) is 0.336. The Kier molecular flexibility index (Phi) is 6.08. The third-order valence-electron chi connectivity index (χ3n) is 6.70. The zero-order valence-corrected chi connectivity index (χ0v) is 20.0. The van der Waals surface area contributed by atoms with Gasteiger partial charge in [0, 0.05) is 35.8 Å². The fourth-order valence-electron chi connectivity index (χ4n) is 4.79. The van der Waals surface area contributed by atoms with E-state index >= 15 is 0 Å². The summed E-state index contributed by atoms with van der Waals surface area (Å²) in [5.74, 6) is -0.00365. The fourth-order valence-corrected chi connectivity index (χ4v) is 4.79. The SMILES string of the molecule is Cc1nc(Nc2cc(N[C@@H]3CCCC[C@@H]3N)cnc2C(N)=O)ccc1-c1ccc2c(cnn2C)c1. The molecule has 9 heteroatoms. The first-order chi connectivity index (χ1) is 16.9. The monoisotopic (exact) mass is 470 g/mol. The van der Waals surface area contributed by atoms with Crippen molar-refractivity contribution in [1.82, 2.24) is 19.7 Å². The minimum absolute atomic E-state index is 0.0960. The molecule has 1 amide bonds. The second kappa shape index (κ2) is 9.34. The Morgan fingerprint density at radius 1 is 1.11 bits per heavy atom. The number of hydrogen-bond donors (Lipinski definition) is 4. The van der Waals surface area contributed by atoms with E-state index in [-0.39, 0.29) is 17.8 Å². The molecule has 9 nitrogen and oxygen atoms in total. The fraction of sp³-hybridized carbons (Fsp3) is 0.308. The number of benzene rings is 1. The Balaban J connectivity index is 1.41. The highest BCUT2D eigenvalue weighted by Gasteiger charge is 2.22. The van der Waals surface area contributed by atoms with Gasteiger partial charge in [0.25, 0.3) is 5.91 Å². The summed E-state index contributed by atoms with van der Waals surface area (Å²) in [6, 6.07) is 12.3. The molecule has 6 N–H and O–H groups in total. The van der Waals surface area contributed by atoms with E-state index in [1.54, 1.807) is 6.20 Å². The van der Waals surface area contributed by atoms with Crippen molar-refractivity contribution < 1.29 is 4.79 Å². The molecular formula is C26H30N8O. The molecule has 0 spiro atoms. The molecule has 0 aliphatic heterocycles. The minimum atomic E-state index is -0.605. The van der Waals surface area contributed by atoms with Crippen molar-refractivity contribution in [3.05, 3.63) is 60.2 Å². The molecule has 0 saturated heterocycles. The van der Waals surface area contributed by atoms with Crippen LogP contribution in [0.3, 0.4) is 0 Å². The number of hydrogen-bond acceptors (Lipinski definition) is 7. The second-order valence-electron chi connectivity index (χ2n) is 9.18. The van der Waals surface area contributed by atoms with E-state index in [1.807, 2.05) is 43.0 Å². The first-order valence-electron chi connectivity index (χ1n) is 11.9. The van der Waals surface area contributed by atoms with Crippen molar-refractivity contribution in [2.75, 3.05) is 10.6 Å². The van der Waals surface area contributed by atoms with Crippen LogP contribution in [0.25, 0.3) is 22.0 Å². The lowest BCUT2D eigenvalue weighted by Gasteiger charge is -2.30. The molecule has 3 aromatic heterocycles. The van der Waals surface area contributed by atoms with Crippen molar-refractivity contribution >= 4 is 34.0 Å². The highest BCUT2D eigenvalue weighted by Crippen LogP contribution is 2.29. The summed E-state index contributed by atoms with van der Waals surface area (Å²) in [6.07, 6.45) is 7.79. The van der Waals surface area contributed by atoms with Gasteiger partial charge < -0.3 is 22.1 Å². The predicted octanol–water partition coefficient (Wildman–Crippen LogP) is 3.86. The lowest BCUT2D eigenvalue weighted by atomic mass is 9.91. The van der Waals surface area contributed by atoms with Gasteiger partial charge >= 0.3 is 0 Å². The topological polar surface area (TPSA) is 137 Å². The second-order valence-corrected chi connectivity index (χ2v) is 9.18. The lowest BCUT2D eigenvalue weighted by Crippen LogP contribution is -2.42. The maximum Gasteiger partial charge on any atom is 0.269 e. The Morgan fingerprint density at radius 2 is 1.94 bits per heavy atom. The largest absolute Gasteiger partial charge is 0.379 e. The number of fused-ring (bicyclic) bond motifs is 1. The van der Waals surface area contributed by atoms with Crippen molar-refractivity contribution in [3.63, 3.8) is 0 Å². The van der Waals surface area contributed by atoms with Crippen LogP contribution >= 0.6 is 0 Å². The number of amides is 1. The van der Waals surface area contributed by atoms with Crippen LogP contribution in [0.5, 0.6) is 0 Å². The van der Waals surface area contributed by atoms with Crippen LogP contribution in [-0.4, -0.2) is 37.7 Å². The highest BCUT2D eigenvalue weighted by atomic mass is 16.1. The summed E-state index contributed by atoms with van der Waals surface area (Å²) < 4.78 is 1.85. The first-order valence-corrected chi connectivity index (χ1v) is 11.9. The van der Waals surface area contributed by atoms with Gasteiger partial charge in [-0.2, -0.15) is 5.10 Å². The van der Waals surface area contributed by atoms with Gasteiger partial charge in [0.2, 0.25) is 0 Å². The summed E-state index contributed by atoms with van der Waals surface area (Å²) in [6.45, 7) is 1.96. The zero-order valence-electron chi connectivity index (χ0n) is 20.0. The van der Waals surface area contributed by atoms with E-state index in [1.165, 1.54) is 0 Å². The number of rotatable bonds is 6. The average Bonchev–Trinajstić information content (AvgIpc) is 3.20. The molecule has 0 radical (unpaired) electrons. The standard InChI is InChI=1S/C26H30N8O/c1-15-19(16-7-9-23-17(11-16)13-30-34(23)2)8-10-24(31-15)33-22-12-18(14-29-25(22)26(28)35)32-21-6-4-3-5-20(21)27/h7-14,20-21,32H,3-6,27H2,1-2H3,(H2,28,35)(H,31,33)/t20-,21+/m0/s1. The van der Waals surface area contributed by atoms with Crippen LogP contribution in [0, 0.1) is 6.92 Å². The van der Waals surface area contributed by atoms with E-state index in [4.69, 9.17) is 16.5 Å². The molecule has 5 rings (SSSR count). The van der Waals surface area contributed by atoms with E-state index in [9.17, 15) is 4.79 Å². The van der Waals surface area contributed by atoms with E-state index in [0.29, 0.717) is 11.5 Å². The summed E-state index contributed by atoms with van der Waals surface area (Å²) in [5.41, 5.74) is 17.4. The van der Waals surface area contributed by atoms with Crippen LogP contribution in [0.15, 0.2) is 48.8 Å². The Hall–Kier alpha value is -3.98. The van der Waals surface area contributed by atoms with Crippen molar-refractivity contribution in [2.24, 2.45) is 18.5 Å². The number of carbonyl (C=O) groups is 1. The number of nitrogens with zero attached hydrogens (tertiary/aromatic N) is 4. The third-order valence-corrected chi connectivity index (χ3v) is 6.70. The van der Waals surface area contributed by atoms with Gasteiger partial charge in [-0.1, -0.05) is 18.9 Å². The molecule has 1 fully saturated rings. The van der Waals surface area contributed by atoms with Crippen molar-refractivity contribution in [2.45, 2.75) is 44.7 Å². The lowest BCUT2D eigenvalue weighted by molar-refractivity contribution is 0.0996. The highest BCUT2D eigenvalue weighted by molar-refractivity contribution is 5.97. The number of nitrogens with two attached hydrogens (primary N) is 2. The molecule has 3 heterocycles. The Morgan fingerprint density at radius 3 is 2.71 bits per heavy atom. The zero-order chi connectivity index (χ0) is 24.5. The van der Waals surface area contributed by atoms with Crippen LogP contribution in [-0.2, 0) is 7.05 Å². The molecule has 35 heavy (non-hydrogen) atoms. The van der Waals surface area contributed by atoms with Gasteiger partial charge in [-0.3, -0.25) is 9.48 Å². The minimum Gasteiger partial charge on any atom is -0.379 e. The molecule has 2 atom stereocenters. The number of aryl methyl sites for hydroxylation is 2. The Bertz CT molecular complexity index is 1400. The number of anilines is 3. The van der Waals surface area contributed by atoms with Crippen molar-refractivity contribution in [3.8, 4) is 11.1 Å². The van der Waals surface area contributed by atoms with Crippen LogP contribution in [0.1, 0.15) is 41.9 Å². The molecular weight excluding hydrogens is 440 g/mol. The van der Waals surface area contributed by atoms with Gasteiger partial charge in [-0.25, -0.2) is 9.97 Å². The normalized spacial score (nSPS) is 17.9. The Labute approximate surface area is 203 Å². The summed E-state index contributed by atoms with van der Waals surface area (Å²) in [7, 11) is 1.93. The number of primary amides is 1.